The summed E-state index contributed by atoms with van der Waals surface area (Å²) in [6.45, 7) is 0.418. The van der Waals surface area contributed by atoms with Gasteiger partial charge < -0.3 is 5.32 Å². The fourth-order valence-corrected chi connectivity index (χ4v) is 5.18. The summed E-state index contributed by atoms with van der Waals surface area (Å²) < 4.78 is 98.5. The Bertz CT molecular complexity index is 1360. The molecule has 0 heterocycles. The fourth-order valence-electron chi connectivity index (χ4n) is 4.57. The first-order valence-corrected chi connectivity index (χ1v) is 13.8. The summed E-state index contributed by atoms with van der Waals surface area (Å²) in [5.74, 6) is -5.05. The molecule has 13 heteroatoms. The zero-order valence-corrected chi connectivity index (χ0v) is 23.4. The summed E-state index contributed by atoms with van der Waals surface area (Å²) in [5.41, 5.74) is -4.83. The van der Waals surface area contributed by atoms with Crippen LogP contribution in [0.5, 0.6) is 0 Å². The van der Waals surface area contributed by atoms with Gasteiger partial charge in [-0.1, -0.05) is 59.8 Å². The second-order valence-corrected chi connectivity index (χ2v) is 11.7. The van der Waals surface area contributed by atoms with E-state index in [0.717, 1.165) is 37.5 Å². The van der Waals surface area contributed by atoms with E-state index in [4.69, 9.17) is 34.8 Å². The van der Waals surface area contributed by atoms with Crippen LogP contribution in [-0.2, 0) is 11.0 Å². The van der Waals surface area contributed by atoms with Crippen molar-refractivity contribution in [3.63, 3.8) is 0 Å². The minimum Gasteiger partial charge on any atom is -0.356 e. The first-order chi connectivity index (χ1) is 19.0. The number of ketones is 1. The van der Waals surface area contributed by atoms with E-state index in [1.54, 1.807) is 0 Å². The van der Waals surface area contributed by atoms with Gasteiger partial charge in [-0.05, 0) is 55.0 Å². The van der Waals surface area contributed by atoms with Crippen LogP contribution in [0.4, 0.5) is 30.7 Å². The highest BCUT2D eigenvalue weighted by molar-refractivity contribution is 6.48. The van der Waals surface area contributed by atoms with Crippen molar-refractivity contribution < 1.29 is 40.3 Å². The maximum Gasteiger partial charge on any atom is 0.417 e. The molecule has 1 N–H and O–H groups in total. The zero-order chi connectivity index (χ0) is 30.3. The summed E-state index contributed by atoms with van der Waals surface area (Å²) in [5, 5.41) is 1.87. The van der Waals surface area contributed by atoms with Crippen LogP contribution in [0.15, 0.2) is 36.4 Å². The monoisotopic (exact) mass is 643 g/mol. The van der Waals surface area contributed by atoms with Crippen molar-refractivity contribution >= 4 is 52.3 Å². The molecule has 1 atom stereocenters. The van der Waals surface area contributed by atoms with E-state index in [0.29, 0.717) is 31.4 Å². The molecule has 2 saturated carbocycles. The average molecular weight is 645 g/mol. The lowest BCUT2D eigenvalue weighted by Crippen LogP contribution is -2.34. The van der Waals surface area contributed by atoms with Gasteiger partial charge in [0.2, 0.25) is 5.91 Å². The van der Waals surface area contributed by atoms with Gasteiger partial charge in [0.1, 0.15) is 11.7 Å². The largest absolute Gasteiger partial charge is 0.417 e. The molecule has 0 bridgehead atoms. The molecular weight excluding hydrogens is 622 g/mol. The smallest absolute Gasteiger partial charge is 0.356 e. The van der Waals surface area contributed by atoms with Crippen LogP contribution in [0, 0.1) is 11.3 Å². The molecule has 2 aliphatic rings. The number of halogens is 10. The van der Waals surface area contributed by atoms with Crippen LogP contribution in [0.2, 0.25) is 15.1 Å². The molecule has 2 fully saturated rings. The standard InChI is InChI=1S/C28H23Cl3F7NO2/c29-20-10-16(11-21(30)24(20)31)18(27(33,34)35)12-22(32)15-3-4-17(19(9-15)28(36,37)38)23(40)13-26(6-7-26)25(41)39-8-5-14-1-2-14/h3-4,9-12,14,18H,1-2,5-8,13H2,(H,39,41)/b22-12-. The Hall–Kier alpha value is -2.30. The number of allylic oxidation sites excluding steroid dienone is 1. The Labute approximate surface area is 246 Å². The third-order valence-electron chi connectivity index (χ3n) is 7.30. The SMILES string of the molecule is O=C(CC1(C(=O)NCCC2CC2)CC1)c1ccc(/C(F)=C/C(c2cc(Cl)c(Cl)c(Cl)c2)C(F)(F)F)cc1C(F)(F)F. The zero-order valence-electron chi connectivity index (χ0n) is 21.2. The van der Waals surface area contributed by atoms with Crippen molar-refractivity contribution in [3.05, 3.63) is 73.7 Å². The Morgan fingerprint density at radius 2 is 1.61 bits per heavy atom. The highest BCUT2D eigenvalue weighted by atomic mass is 35.5. The van der Waals surface area contributed by atoms with Crippen LogP contribution in [0.3, 0.4) is 0 Å². The molecule has 222 valence electrons. The van der Waals surface area contributed by atoms with Crippen molar-refractivity contribution in [2.24, 2.45) is 11.3 Å². The van der Waals surface area contributed by atoms with E-state index in [1.165, 1.54) is 0 Å². The van der Waals surface area contributed by atoms with Crippen molar-refractivity contribution in [1.82, 2.24) is 5.32 Å². The minimum atomic E-state index is -5.13. The van der Waals surface area contributed by atoms with E-state index in [2.05, 4.69) is 5.32 Å². The van der Waals surface area contributed by atoms with Gasteiger partial charge in [-0.3, -0.25) is 9.59 Å². The molecule has 1 amide bonds. The number of hydrogen-bond donors (Lipinski definition) is 1. The summed E-state index contributed by atoms with van der Waals surface area (Å²) >= 11 is 17.4. The second-order valence-electron chi connectivity index (χ2n) is 10.5. The van der Waals surface area contributed by atoms with Gasteiger partial charge in [0.25, 0.3) is 0 Å². The maximum atomic E-state index is 15.1. The lowest BCUT2D eigenvalue weighted by molar-refractivity contribution is -0.140. The van der Waals surface area contributed by atoms with Gasteiger partial charge >= 0.3 is 12.4 Å². The first kappa shape index (κ1) is 31.6. The second kappa shape index (κ2) is 11.8. The molecule has 0 aliphatic heterocycles. The number of Topliss-reactive ketones (excluding diaryl/α,β-unsaturated/α-hetero) is 1. The van der Waals surface area contributed by atoms with Gasteiger partial charge in [0.05, 0.1) is 26.0 Å². The Morgan fingerprint density at radius 3 is 2.12 bits per heavy atom. The van der Waals surface area contributed by atoms with Crippen molar-refractivity contribution in [2.75, 3.05) is 6.54 Å². The van der Waals surface area contributed by atoms with Gasteiger partial charge in [-0.15, -0.1) is 0 Å². The van der Waals surface area contributed by atoms with Crippen LogP contribution < -0.4 is 5.32 Å². The Kier molecular flexibility index (Phi) is 9.08. The van der Waals surface area contributed by atoms with Crippen LogP contribution >= 0.6 is 34.8 Å². The van der Waals surface area contributed by atoms with Gasteiger partial charge in [-0.2, -0.15) is 26.3 Å². The first-order valence-electron chi connectivity index (χ1n) is 12.6. The number of carbonyl (C=O) groups is 2. The van der Waals surface area contributed by atoms with Crippen LogP contribution in [0.1, 0.15) is 71.5 Å². The van der Waals surface area contributed by atoms with E-state index < -0.39 is 69.9 Å². The van der Waals surface area contributed by atoms with Gasteiger partial charge in [0.15, 0.2) is 5.78 Å². The number of hydrogen-bond acceptors (Lipinski definition) is 2. The van der Waals surface area contributed by atoms with Crippen molar-refractivity contribution in [3.8, 4) is 0 Å². The van der Waals surface area contributed by atoms with E-state index >= 15 is 4.39 Å². The van der Waals surface area contributed by atoms with E-state index in [1.807, 2.05) is 0 Å². The average Bonchev–Trinajstić information content (AvgIpc) is 3.81. The molecule has 0 spiro atoms. The third-order valence-corrected chi connectivity index (χ3v) is 8.50. The number of amides is 1. The van der Waals surface area contributed by atoms with Gasteiger partial charge in [-0.25, -0.2) is 4.39 Å². The molecule has 0 aromatic heterocycles. The summed E-state index contributed by atoms with van der Waals surface area (Å²) in [6.07, 6.45) is -6.94. The Balaban J connectivity index is 1.60. The number of rotatable bonds is 10. The molecule has 3 nitrogen and oxygen atoms in total. The van der Waals surface area contributed by atoms with Crippen molar-refractivity contribution in [1.29, 1.82) is 0 Å². The molecule has 2 aromatic rings. The number of nitrogens with one attached hydrogen (secondary N) is 1. The highest BCUT2D eigenvalue weighted by Gasteiger charge is 2.51. The number of benzene rings is 2. The predicted molar refractivity (Wildman–Crippen MR) is 142 cm³/mol. The normalized spacial score (nSPS) is 17.8. The van der Waals surface area contributed by atoms with E-state index in [9.17, 15) is 35.9 Å². The molecular formula is C28H23Cl3F7NO2. The van der Waals surface area contributed by atoms with Crippen LogP contribution in [-0.4, -0.2) is 24.4 Å². The minimum absolute atomic E-state index is 0.0953. The molecule has 0 saturated heterocycles. The van der Waals surface area contributed by atoms with E-state index in [-0.39, 0.29) is 27.2 Å². The molecule has 41 heavy (non-hydrogen) atoms. The van der Waals surface area contributed by atoms with Crippen LogP contribution in [0.25, 0.3) is 5.83 Å². The third kappa shape index (κ3) is 7.56. The number of alkyl halides is 6. The molecule has 4 rings (SSSR count). The predicted octanol–water partition coefficient (Wildman–Crippen LogP) is 9.59. The Morgan fingerprint density at radius 1 is 1.00 bits per heavy atom. The maximum absolute atomic E-state index is 15.1. The lowest BCUT2D eigenvalue weighted by atomic mass is 9.90. The molecule has 2 aromatic carbocycles. The molecule has 2 aliphatic carbocycles. The van der Waals surface area contributed by atoms with Gasteiger partial charge in [0, 0.05) is 24.1 Å². The summed E-state index contributed by atoms with van der Waals surface area (Å²) in [4.78, 5) is 25.6. The summed E-state index contributed by atoms with van der Waals surface area (Å²) in [7, 11) is 0. The quantitative estimate of drug-likeness (QED) is 0.159. The molecule has 1 unspecified atom stereocenters. The topological polar surface area (TPSA) is 46.2 Å². The fraction of sp³-hybridized carbons (Fsp3) is 0.429. The summed E-state index contributed by atoms with van der Waals surface area (Å²) in [6, 6.07) is 3.45. The number of carbonyl (C=O) groups excluding carboxylic acids is 2. The highest BCUT2D eigenvalue weighted by Crippen LogP contribution is 2.50. The lowest BCUT2D eigenvalue weighted by Gasteiger charge is -2.19. The molecule has 0 radical (unpaired) electrons. The van der Waals surface area contributed by atoms with Crippen molar-refractivity contribution in [2.45, 2.75) is 56.8 Å².